The first-order chi connectivity index (χ1) is 14.2. The van der Waals surface area contributed by atoms with Gasteiger partial charge in [0.05, 0.1) is 5.70 Å². The Morgan fingerprint density at radius 1 is 1.10 bits per heavy atom. The summed E-state index contributed by atoms with van der Waals surface area (Å²) >= 11 is 0. The lowest BCUT2D eigenvalue weighted by molar-refractivity contribution is -0.120. The van der Waals surface area contributed by atoms with Crippen LogP contribution in [0.4, 0.5) is 5.95 Å². The Bertz CT molecular complexity index is 998. The average molecular weight is 388 g/mol. The first-order valence-corrected chi connectivity index (χ1v) is 9.84. The molecule has 3 aromatic rings. The monoisotopic (exact) mass is 388 g/mol. The summed E-state index contributed by atoms with van der Waals surface area (Å²) in [6.45, 7) is 4.19. The van der Waals surface area contributed by atoms with Gasteiger partial charge in [-0.1, -0.05) is 72.7 Å². The van der Waals surface area contributed by atoms with E-state index in [-0.39, 0.29) is 24.5 Å². The van der Waals surface area contributed by atoms with Crippen molar-refractivity contribution >= 4 is 17.6 Å². The fourth-order valence-electron chi connectivity index (χ4n) is 3.44. The van der Waals surface area contributed by atoms with E-state index in [0.29, 0.717) is 5.95 Å². The Morgan fingerprint density at radius 2 is 1.79 bits per heavy atom. The van der Waals surface area contributed by atoms with Crippen LogP contribution in [0.5, 0.6) is 0 Å². The molecule has 148 valence electrons. The predicted octanol–water partition coefficient (Wildman–Crippen LogP) is 3.04. The number of anilines is 1. The summed E-state index contributed by atoms with van der Waals surface area (Å²) in [5, 5.41) is 15.4. The largest absolute Gasteiger partial charge is 0.352 e. The SMILES string of the molecule is CC[C@H](C)NC(=O)CN1C(c2ccccc2)=C[C@@H](c2ccccc2)n2nnnc21. The molecule has 0 radical (unpaired) electrons. The molecule has 2 atom stereocenters. The third-order valence-electron chi connectivity index (χ3n) is 5.12. The van der Waals surface area contributed by atoms with Gasteiger partial charge in [0, 0.05) is 6.04 Å². The highest BCUT2D eigenvalue weighted by Gasteiger charge is 2.31. The van der Waals surface area contributed by atoms with Crippen LogP contribution in [0, 0.1) is 0 Å². The van der Waals surface area contributed by atoms with Gasteiger partial charge in [-0.25, -0.2) is 0 Å². The topological polar surface area (TPSA) is 75.9 Å². The summed E-state index contributed by atoms with van der Waals surface area (Å²) in [5.74, 6) is 0.494. The molecule has 1 aliphatic heterocycles. The summed E-state index contributed by atoms with van der Waals surface area (Å²) in [4.78, 5) is 14.6. The number of amides is 1. The van der Waals surface area contributed by atoms with Crippen molar-refractivity contribution in [3.63, 3.8) is 0 Å². The second-order valence-corrected chi connectivity index (χ2v) is 7.16. The molecule has 1 aromatic heterocycles. The zero-order chi connectivity index (χ0) is 20.2. The number of nitrogens with one attached hydrogen (secondary N) is 1. The molecule has 2 heterocycles. The van der Waals surface area contributed by atoms with E-state index >= 15 is 0 Å². The van der Waals surface area contributed by atoms with E-state index in [1.54, 1.807) is 4.68 Å². The van der Waals surface area contributed by atoms with Gasteiger partial charge in [-0.3, -0.25) is 9.69 Å². The zero-order valence-corrected chi connectivity index (χ0v) is 16.6. The lowest BCUT2D eigenvalue weighted by Gasteiger charge is -2.32. The summed E-state index contributed by atoms with van der Waals surface area (Å²) in [6.07, 6.45) is 2.99. The second kappa shape index (κ2) is 8.26. The number of fused-ring (bicyclic) bond motifs is 1. The smallest absolute Gasteiger partial charge is 0.251 e. The number of aromatic nitrogens is 4. The first kappa shape index (κ1) is 18.9. The Kier molecular flexibility index (Phi) is 5.37. The second-order valence-electron chi connectivity index (χ2n) is 7.16. The van der Waals surface area contributed by atoms with Gasteiger partial charge in [0.15, 0.2) is 0 Å². The summed E-state index contributed by atoms with van der Waals surface area (Å²) in [6, 6.07) is 20.1. The van der Waals surface area contributed by atoms with E-state index in [0.717, 1.165) is 23.2 Å². The maximum atomic E-state index is 12.7. The standard InChI is InChI=1S/C22H24N6O/c1-3-16(2)23-21(29)15-27-19(17-10-6-4-7-11-17)14-20(18-12-8-5-9-13-18)28-22(27)24-25-26-28/h4-14,16,20H,3,15H2,1-2H3,(H,23,29)/t16-,20-/m0/s1. The van der Waals surface area contributed by atoms with Crippen molar-refractivity contribution in [2.24, 2.45) is 0 Å². The van der Waals surface area contributed by atoms with Crippen molar-refractivity contribution in [2.75, 3.05) is 11.4 Å². The fourth-order valence-corrected chi connectivity index (χ4v) is 3.44. The van der Waals surface area contributed by atoms with Gasteiger partial charge in [-0.05, 0) is 41.0 Å². The highest BCUT2D eigenvalue weighted by molar-refractivity contribution is 5.89. The molecule has 0 saturated carbocycles. The third-order valence-corrected chi connectivity index (χ3v) is 5.12. The van der Waals surface area contributed by atoms with Crippen molar-refractivity contribution in [3.8, 4) is 0 Å². The number of allylic oxidation sites excluding steroid dienone is 1. The van der Waals surface area contributed by atoms with Crippen LogP contribution in [-0.2, 0) is 4.79 Å². The molecular weight excluding hydrogens is 364 g/mol. The van der Waals surface area contributed by atoms with Gasteiger partial charge in [0.1, 0.15) is 12.6 Å². The van der Waals surface area contributed by atoms with Crippen molar-refractivity contribution < 1.29 is 4.79 Å². The van der Waals surface area contributed by atoms with E-state index < -0.39 is 0 Å². The van der Waals surface area contributed by atoms with Crippen LogP contribution in [0.3, 0.4) is 0 Å². The van der Waals surface area contributed by atoms with Crippen LogP contribution < -0.4 is 10.2 Å². The fraction of sp³-hybridized carbons (Fsp3) is 0.273. The summed E-state index contributed by atoms with van der Waals surface area (Å²) in [5.41, 5.74) is 3.01. The molecule has 0 fully saturated rings. The molecule has 0 unspecified atom stereocenters. The van der Waals surface area contributed by atoms with E-state index in [2.05, 4.69) is 39.1 Å². The van der Waals surface area contributed by atoms with Gasteiger partial charge in [0.2, 0.25) is 5.91 Å². The Labute approximate surface area is 170 Å². The lowest BCUT2D eigenvalue weighted by atomic mass is 10.0. The average Bonchev–Trinajstić information content (AvgIpc) is 3.25. The van der Waals surface area contributed by atoms with Crippen molar-refractivity contribution in [3.05, 3.63) is 77.9 Å². The van der Waals surface area contributed by atoms with Crippen molar-refractivity contribution in [2.45, 2.75) is 32.4 Å². The zero-order valence-electron chi connectivity index (χ0n) is 16.6. The Morgan fingerprint density at radius 3 is 2.48 bits per heavy atom. The van der Waals surface area contributed by atoms with Crippen LogP contribution >= 0.6 is 0 Å². The van der Waals surface area contributed by atoms with Crippen molar-refractivity contribution in [1.82, 2.24) is 25.5 Å². The van der Waals surface area contributed by atoms with E-state index in [9.17, 15) is 4.79 Å². The van der Waals surface area contributed by atoms with Crippen LogP contribution in [-0.4, -0.2) is 38.7 Å². The van der Waals surface area contributed by atoms with E-state index in [4.69, 9.17) is 0 Å². The van der Waals surface area contributed by atoms with Gasteiger partial charge in [-0.2, -0.15) is 4.68 Å². The molecule has 7 heteroatoms. The van der Waals surface area contributed by atoms with Crippen molar-refractivity contribution in [1.29, 1.82) is 0 Å². The van der Waals surface area contributed by atoms with Gasteiger partial charge >= 0.3 is 0 Å². The first-order valence-electron chi connectivity index (χ1n) is 9.84. The number of nitrogens with zero attached hydrogens (tertiary/aromatic N) is 5. The third kappa shape index (κ3) is 3.89. The minimum atomic E-state index is -0.148. The molecule has 0 saturated heterocycles. The maximum Gasteiger partial charge on any atom is 0.251 e. The van der Waals surface area contributed by atoms with Crippen LogP contribution in [0.25, 0.3) is 5.70 Å². The number of tetrazole rings is 1. The number of hydrogen-bond acceptors (Lipinski definition) is 5. The molecule has 1 aliphatic rings. The normalized spacial score (nSPS) is 16.7. The van der Waals surface area contributed by atoms with E-state index in [1.807, 2.05) is 67.3 Å². The maximum absolute atomic E-state index is 12.7. The van der Waals surface area contributed by atoms with Crippen LogP contribution in [0.1, 0.15) is 37.4 Å². The molecule has 1 N–H and O–H groups in total. The van der Waals surface area contributed by atoms with Gasteiger partial charge in [0.25, 0.3) is 5.95 Å². The Hall–Kier alpha value is -3.48. The minimum absolute atomic E-state index is 0.0612. The van der Waals surface area contributed by atoms with Gasteiger partial charge < -0.3 is 5.32 Å². The van der Waals surface area contributed by atoms with Crippen LogP contribution in [0.15, 0.2) is 66.7 Å². The number of hydrogen-bond donors (Lipinski definition) is 1. The molecule has 0 bridgehead atoms. The highest BCUT2D eigenvalue weighted by atomic mass is 16.2. The predicted molar refractivity (Wildman–Crippen MR) is 112 cm³/mol. The number of carbonyl (C=O) groups is 1. The summed E-state index contributed by atoms with van der Waals surface area (Å²) < 4.78 is 1.76. The van der Waals surface area contributed by atoms with Gasteiger partial charge in [-0.15, -0.1) is 0 Å². The number of rotatable bonds is 6. The Balaban J connectivity index is 1.76. The molecular formula is C22H24N6O. The molecule has 4 rings (SSSR count). The highest BCUT2D eigenvalue weighted by Crippen LogP contribution is 2.35. The lowest BCUT2D eigenvalue weighted by Crippen LogP contribution is -2.42. The molecule has 29 heavy (non-hydrogen) atoms. The molecule has 7 nitrogen and oxygen atoms in total. The van der Waals surface area contributed by atoms with E-state index in [1.165, 1.54) is 0 Å². The quantitative estimate of drug-likeness (QED) is 0.702. The molecule has 0 aliphatic carbocycles. The minimum Gasteiger partial charge on any atom is -0.352 e. The summed E-state index contributed by atoms with van der Waals surface area (Å²) in [7, 11) is 0. The molecule has 0 spiro atoms. The number of carbonyl (C=O) groups excluding carboxylic acids is 1. The molecule has 1 amide bonds. The molecule has 2 aromatic carbocycles. The van der Waals surface area contributed by atoms with Crippen LogP contribution in [0.2, 0.25) is 0 Å². The number of benzene rings is 2.